The van der Waals surface area contributed by atoms with Crippen LogP contribution in [0.3, 0.4) is 0 Å². The third-order valence-corrected chi connectivity index (χ3v) is 4.87. The molecule has 1 aromatic carbocycles. The fraction of sp³-hybridized carbons (Fsp3) is 0.562. The first kappa shape index (κ1) is 14.7. The van der Waals surface area contributed by atoms with Crippen LogP contribution in [0.4, 0.5) is 11.4 Å². The van der Waals surface area contributed by atoms with E-state index in [2.05, 4.69) is 17.1 Å². The van der Waals surface area contributed by atoms with Crippen molar-refractivity contribution in [1.82, 2.24) is 0 Å². The molecular weight excluding hydrogens is 288 g/mol. The Labute approximate surface area is 130 Å². The van der Waals surface area contributed by atoms with Gasteiger partial charge in [-0.1, -0.05) is 31.4 Å². The van der Waals surface area contributed by atoms with Gasteiger partial charge in [0.2, 0.25) is 0 Å². The third kappa shape index (κ3) is 2.74. The number of hydrogen-bond donors (Lipinski definition) is 2. The number of anilines is 2. The Morgan fingerprint density at radius 3 is 2.76 bits per heavy atom. The lowest BCUT2D eigenvalue weighted by molar-refractivity contribution is -0.123. The van der Waals surface area contributed by atoms with Crippen LogP contribution in [-0.2, 0) is 4.79 Å². The summed E-state index contributed by atoms with van der Waals surface area (Å²) in [6.07, 6.45) is 3.83. The SMILES string of the molecule is CCCC1CCN(c2cc3c(cc2Cl)C(O)C(=O)N3)CC1. The first-order valence-corrected chi connectivity index (χ1v) is 8.05. The van der Waals surface area contributed by atoms with Gasteiger partial charge >= 0.3 is 0 Å². The van der Waals surface area contributed by atoms with Crippen LogP contribution in [0.15, 0.2) is 12.1 Å². The number of aliphatic hydroxyl groups excluding tert-OH is 1. The van der Waals surface area contributed by atoms with Gasteiger partial charge in [-0.3, -0.25) is 4.79 Å². The second kappa shape index (κ2) is 5.85. The molecule has 1 unspecified atom stereocenters. The van der Waals surface area contributed by atoms with Gasteiger partial charge in [0.1, 0.15) is 0 Å². The van der Waals surface area contributed by atoms with E-state index in [1.54, 1.807) is 6.07 Å². The molecule has 0 spiro atoms. The van der Waals surface area contributed by atoms with E-state index in [0.29, 0.717) is 16.3 Å². The Kier molecular flexibility index (Phi) is 4.09. The number of nitrogens with one attached hydrogen (secondary N) is 1. The van der Waals surface area contributed by atoms with E-state index < -0.39 is 6.10 Å². The number of hydrogen-bond acceptors (Lipinski definition) is 3. The Morgan fingerprint density at radius 2 is 2.10 bits per heavy atom. The summed E-state index contributed by atoms with van der Waals surface area (Å²) in [7, 11) is 0. The predicted octanol–water partition coefficient (Wildman–Crippen LogP) is 3.34. The van der Waals surface area contributed by atoms with E-state index in [4.69, 9.17) is 11.6 Å². The van der Waals surface area contributed by atoms with E-state index >= 15 is 0 Å². The van der Waals surface area contributed by atoms with Crippen molar-refractivity contribution < 1.29 is 9.90 Å². The molecule has 2 N–H and O–H groups in total. The number of benzene rings is 1. The maximum absolute atomic E-state index is 11.5. The number of aliphatic hydroxyl groups is 1. The predicted molar refractivity (Wildman–Crippen MR) is 84.9 cm³/mol. The number of amides is 1. The van der Waals surface area contributed by atoms with Crippen molar-refractivity contribution in [3.8, 4) is 0 Å². The van der Waals surface area contributed by atoms with E-state index in [-0.39, 0.29) is 5.91 Å². The summed E-state index contributed by atoms with van der Waals surface area (Å²) in [5, 5.41) is 13.1. The largest absolute Gasteiger partial charge is 0.378 e. The molecule has 4 nitrogen and oxygen atoms in total. The second-order valence-corrected chi connectivity index (χ2v) is 6.41. The molecule has 1 aromatic rings. The molecule has 2 aliphatic rings. The molecule has 1 fully saturated rings. The number of nitrogens with zero attached hydrogens (tertiary/aromatic N) is 1. The Hall–Kier alpha value is -1.26. The number of carbonyl (C=O) groups excluding carboxylic acids is 1. The zero-order valence-corrected chi connectivity index (χ0v) is 13.0. The van der Waals surface area contributed by atoms with Crippen molar-refractivity contribution in [3.05, 3.63) is 22.7 Å². The molecule has 1 saturated heterocycles. The van der Waals surface area contributed by atoms with Crippen molar-refractivity contribution in [3.63, 3.8) is 0 Å². The second-order valence-electron chi connectivity index (χ2n) is 6.00. The van der Waals surface area contributed by atoms with Crippen LogP contribution in [0.2, 0.25) is 5.02 Å². The molecule has 114 valence electrons. The summed E-state index contributed by atoms with van der Waals surface area (Å²) < 4.78 is 0. The lowest BCUT2D eigenvalue weighted by Crippen LogP contribution is -2.33. The van der Waals surface area contributed by atoms with Crippen LogP contribution in [0, 0.1) is 5.92 Å². The summed E-state index contributed by atoms with van der Waals surface area (Å²) >= 11 is 6.36. The fourth-order valence-electron chi connectivity index (χ4n) is 3.37. The minimum Gasteiger partial charge on any atom is -0.378 e. The van der Waals surface area contributed by atoms with E-state index in [1.807, 2.05) is 6.07 Å². The summed E-state index contributed by atoms with van der Waals surface area (Å²) in [4.78, 5) is 13.8. The lowest BCUT2D eigenvalue weighted by atomic mass is 9.92. The highest BCUT2D eigenvalue weighted by atomic mass is 35.5. The third-order valence-electron chi connectivity index (χ3n) is 4.57. The lowest BCUT2D eigenvalue weighted by Gasteiger charge is -2.34. The number of piperidine rings is 1. The van der Waals surface area contributed by atoms with Crippen molar-refractivity contribution in [1.29, 1.82) is 0 Å². The van der Waals surface area contributed by atoms with Crippen molar-refractivity contribution in [2.24, 2.45) is 5.92 Å². The highest BCUT2D eigenvalue weighted by Gasteiger charge is 2.30. The van der Waals surface area contributed by atoms with E-state index in [9.17, 15) is 9.90 Å². The Bertz CT molecular complexity index is 553. The first-order chi connectivity index (χ1) is 10.1. The number of halogens is 1. The normalized spacial score (nSPS) is 22.3. The number of fused-ring (bicyclic) bond motifs is 1. The van der Waals surface area contributed by atoms with E-state index in [0.717, 1.165) is 24.7 Å². The van der Waals surface area contributed by atoms with Gasteiger partial charge in [-0.05, 0) is 30.9 Å². The van der Waals surface area contributed by atoms with Crippen LogP contribution in [0.5, 0.6) is 0 Å². The van der Waals surface area contributed by atoms with Crippen LogP contribution in [-0.4, -0.2) is 24.1 Å². The molecule has 0 aromatic heterocycles. The quantitative estimate of drug-likeness (QED) is 0.900. The number of carbonyl (C=O) groups is 1. The molecule has 1 amide bonds. The average molecular weight is 309 g/mol. The highest BCUT2D eigenvalue weighted by molar-refractivity contribution is 6.33. The highest BCUT2D eigenvalue weighted by Crippen LogP contribution is 2.40. The van der Waals surface area contributed by atoms with Gasteiger partial charge in [-0.25, -0.2) is 0 Å². The van der Waals surface area contributed by atoms with Crippen LogP contribution in [0.25, 0.3) is 0 Å². The van der Waals surface area contributed by atoms with Crippen LogP contribution < -0.4 is 10.2 Å². The molecule has 2 aliphatic heterocycles. The van der Waals surface area contributed by atoms with E-state index in [1.165, 1.54) is 25.7 Å². The minimum absolute atomic E-state index is 0.375. The summed E-state index contributed by atoms with van der Waals surface area (Å²) in [5.41, 5.74) is 2.22. The van der Waals surface area contributed by atoms with Gasteiger partial charge in [0.05, 0.1) is 10.7 Å². The van der Waals surface area contributed by atoms with Crippen molar-refractivity contribution in [2.45, 2.75) is 38.7 Å². The maximum atomic E-state index is 11.5. The molecule has 5 heteroatoms. The van der Waals surface area contributed by atoms with Gasteiger partial charge in [0, 0.05) is 24.3 Å². The molecule has 0 saturated carbocycles. The van der Waals surface area contributed by atoms with Gasteiger partial charge < -0.3 is 15.3 Å². The van der Waals surface area contributed by atoms with Crippen molar-refractivity contribution >= 4 is 28.9 Å². The Balaban J connectivity index is 1.78. The molecule has 0 aliphatic carbocycles. The van der Waals surface area contributed by atoms with Gasteiger partial charge in [0.15, 0.2) is 6.10 Å². The first-order valence-electron chi connectivity index (χ1n) is 7.67. The Morgan fingerprint density at radius 1 is 1.38 bits per heavy atom. The average Bonchev–Trinajstić information content (AvgIpc) is 2.75. The fourth-order valence-corrected chi connectivity index (χ4v) is 3.66. The molecule has 21 heavy (non-hydrogen) atoms. The number of rotatable bonds is 3. The summed E-state index contributed by atoms with van der Waals surface area (Å²) in [6, 6.07) is 3.61. The topological polar surface area (TPSA) is 52.6 Å². The molecule has 0 bridgehead atoms. The van der Waals surface area contributed by atoms with Gasteiger partial charge in [0.25, 0.3) is 5.91 Å². The summed E-state index contributed by atoms with van der Waals surface area (Å²) in [6.45, 7) is 4.23. The molecular formula is C16H21ClN2O2. The zero-order valence-electron chi connectivity index (χ0n) is 12.2. The van der Waals surface area contributed by atoms with Gasteiger partial charge in [-0.15, -0.1) is 0 Å². The standard InChI is InChI=1S/C16H21ClN2O2/c1-2-3-10-4-6-19(7-5-10)14-9-13-11(8-12(14)17)15(20)16(21)18-13/h8-10,15,20H,2-7H2,1H3,(H,18,21). The van der Waals surface area contributed by atoms with Crippen molar-refractivity contribution in [2.75, 3.05) is 23.3 Å². The zero-order chi connectivity index (χ0) is 15.0. The van der Waals surface area contributed by atoms with Crippen LogP contribution >= 0.6 is 11.6 Å². The minimum atomic E-state index is -1.10. The molecule has 2 heterocycles. The summed E-state index contributed by atoms with van der Waals surface area (Å²) in [5.74, 6) is 0.445. The van der Waals surface area contributed by atoms with Gasteiger partial charge in [-0.2, -0.15) is 0 Å². The maximum Gasteiger partial charge on any atom is 0.257 e. The van der Waals surface area contributed by atoms with Crippen LogP contribution in [0.1, 0.15) is 44.3 Å². The molecule has 0 radical (unpaired) electrons. The molecule has 3 rings (SSSR count). The monoisotopic (exact) mass is 308 g/mol. The molecule has 1 atom stereocenters. The smallest absolute Gasteiger partial charge is 0.257 e.